The summed E-state index contributed by atoms with van der Waals surface area (Å²) in [5.74, 6) is 0. The first kappa shape index (κ1) is 20.1. The van der Waals surface area contributed by atoms with Gasteiger partial charge >= 0.3 is 5.63 Å². The highest BCUT2D eigenvalue weighted by Crippen LogP contribution is 2.35. The van der Waals surface area contributed by atoms with Gasteiger partial charge in [-0.25, -0.2) is 9.78 Å². The smallest absolute Gasteiger partial charge is 0.380 e. The molecule has 0 amide bonds. The molecule has 5 aromatic carbocycles. The lowest BCUT2D eigenvalue weighted by molar-refractivity contribution is 0.561. The summed E-state index contributed by atoms with van der Waals surface area (Å²) in [6, 6.07) is 39.2. The number of hydrogen-bond donors (Lipinski definition) is 0. The fourth-order valence-electron chi connectivity index (χ4n) is 5.52. The molecule has 0 radical (unpaired) electrons. The minimum atomic E-state index is -0.442. The molecule has 0 bridgehead atoms. The van der Waals surface area contributed by atoms with E-state index >= 15 is 0 Å². The van der Waals surface area contributed by atoms with Crippen LogP contribution in [-0.4, -0.2) is 14.0 Å². The second-order valence-corrected chi connectivity index (χ2v) is 9.25. The Morgan fingerprint density at radius 2 is 1.27 bits per heavy atom. The van der Waals surface area contributed by atoms with Gasteiger partial charge in [-0.1, -0.05) is 60.7 Å². The topological polar surface area (TPSA) is 52.4 Å². The maximum absolute atomic E-state index is 12.8. The lowest BCUT2D eigenvalue weighted by Gasteiger charge is -2.08. The van der Waals surface area contributed by atoms with Gasteiger partial charge in [0.1, 0.15) is 0 Å². The van der Waals surface area contributed by atoms with E-state index in [0.29, 0.717) is 11.2 Å². The fraction of sp³-hybridized carbons (Fsp3) is 0. The molecule has 0 fully saturated rings. The number of para-hydroxylation sites is 4. The SMILES string of the molecule is O=c1oc2cc(-c3ccc4c(c3)c3ccccc3n4-c3ccccc3)ccc2n2c1nc1ccccc12. The molecule has 37 heavy (non-hydrogen) atoms. The Morgan fingerprint density at radius 1 is 0.595 bits per heavy atom. The van der Waals surface area contributed by atoms with Gasteiger partial charge in [0.15, 0.2) is 5.58 Å². The molecule has 3 heterocycles. The van der Waals surface area contributed by atoms with Crippen molar-refractivity contribution in [2.75, 3.05) is 0 Å². The second-order valence-electron chi connectivity index (χ2n) is 9.25. The molecule has 5 nitrogen and oxygen atoms in total. The maximum atomic E-state index is 12.8. The first-order valence-electron chi connectivity index (χ1n) is 12.2. The molecule has 5 heteroatoms. The van der Waals surface area contributed by atoms with Crippen molar-refractivity contribution in [2.45, 2.75) is 0 Å². The molecule has 0 N–H and O–H groups in total. The summed E-state index contributed by atoms with van der Waals surface area (Å²) in [6.07, 6.45) is 0. The van der Waals surface area contributed by atoms with Gasteiger partial charge < -0.3 is 8.98 Å². The number of hydrogen-bond acceptors (Lipinski definition) is 3. The third-order valence-electron chi connectivity index (χ3n) is 7.17. The Hall–Kier alpha value is -5.16. The zero-order valence-electron chi connectivity index (χ0n) is 19.6. The van der Waals surface area contributed by atoms with Crippen LogP contribution in [0.1, 0.15) is 0 Å². The highest BCUT2D eigenvalue weighted by atomic mass is 16.4. The van der Waals surface area contributed by atoms with E-state index in [-0.39, 0.29) is 0 Å². The molecule has 3 aromatic heterocycles. The number of rotatable bonds is 2. The van der Waals surface area contributed by atoms with Crippen molar-refractivity contribution in [2.24, 2.45) is 0 Å². The molecule has 0 unspecified atom stereocenters. The number of benzene rings is 5. The molecular weight excluding hydrogens is 458 g/mol. The van der Waals surface area contributed by atoms with Crippen LogP contribution in [0.2, 0.25) is 0 Å². The predicted molar refractivity (Wildman–Crippen MR) is 149 cm³/mol. The van der Waals surface area contributed by atoms with Crippen molar-refractivity contribution in [3.05, 3.63) is 126 Å². The highest BCUT2D eigenvalue weighted by molar-refractivity contribution is 6.10. The van der Waals surface area contributed by atoms with Crippen LogP contribution in [0.3, 0.4) is 0 Å². The van der Waals surface area contributed by atoms with Crippen LogP contribution in [0.25, 0.3) is 66.4 Å². The minimum Gasteiger partial charge on any atom is -0.418 e. The van der Waals surface area contributed by atoms with Gasteiger partial charge in [0.2, 0.25) is 5.65 Å². The van der Waals surface area contributed by atoms with Crippen molar-refractivity contribution in [3.8, 4) is 16.8 Å². The number of fused-ring (bicyclic) bond motifs is 8. The van der Waals surface area contributed by atoms with Crippen molar-refractivity contribution in [1.82, 2.24) is 14.0 Å². The molecule has 8 aromatic rings. The first-order valence-corrected chi connectivity index (χ1v) is 12.2. The molecule has 0 aliphatic heterocycles. The minimum absolute atomic E-state index is 0.302. The van der Waals surface area contributed by atoms with Gasteiger partial charge in [-0.3, -0.25) is 4.40 Å². The van der Waals surface area contributed by atoms with Crippen LogP contribution < -0.4 is 5.63 Å². The highest BCUT2D eigenvalue weighted by Gasteiger charge is 2.16. The normalized spacial score (nSPS) is 11.9. The van der Waals surface area contributed by atoms with Crippen molar-refractivity contribution in [3.63, 3.8) is 0 Å². The van der Waals surface area contributed by atoms with Crippen LogP contribution in [0, 0.1) is 0 Å². The summed E-state index contributed by atoms with van der Waals surface area (Å²) in [7, 11) is 0. The maximum Gasteiger partial charge on any atom is 0.380 e. The molecule has 0 saturated carbocycles. The second kappa shape index (κ2) is 7.42. The Labute approximate surface area is 210 Å². The molecule has 0 spiro atoms. The predicted octanol–water partition coefficient (Wildman–Crippen LogP) is 7.36. The van der Waals surface area contributed by atoms with Crippen molar-refractivity contribution >= 4 is 49.6 Å². The average Bonchev–Trinajstić information content (AvgIpc) is 3.50. The van der Waals surface area contributed by atoms with Crippen LogP contribution in [0.4, 0.5) is 0 Å². The van der Waals surface area contributed by atoms with E-state index in [4.69, 9.17) is 4.42 Å². The number of nitrogens with zero attached hydrogens (tertiary/aromatic N) is 3. The molecule has 0 atom stereocenters. The van der Waals surface area contributed by atoms with E-state index in [2.05, 4.69) is 82.3 Å². The standard InChI is InChI=1S/C32H19N3O2/c36-32-31-33-25-11-5-7-13-28(25)35(31)29-17-15-21(19-30(29)37-32)20-14-16-27-24(18-20)23-10-4-6-12-26(23)34(27)22-8-2-1-3-9-22/h1-19H. The van der Waals surface area contributed by atoms with Crippen LogP contribution in [-0.2, 0) is 0 Å². The molecule has 8 rings (SSSR count). The monoisotopic (exact) mass is 477 g/mol. The van der Waals surface area contributed by atoms with Gasteiger partial charge in [-0.2, -0.15) is 0 Å². The van der Waals surface area contributed by atoms with E-state index in [1.165, 1.54) is 16.3 Å². The molecule has 0 aliphatic carbocycles. The summed E-state index contributed by atoms with van der Waals surface area (Å²) < 4.78 is 9.93. The van der Waals surface area contributed by atoms with Crippen LogP contribution in [0.15, 0.2) is 124 Å². The van der Waals surface area contributed by atoms with E-state index in [0.717, 1.165) is 38.9 Å². The summed E-state index contributed by atoms with van der Waals surface area (Å²) in [6.45, 7) is 0. The summed E-state index contributed by atoms with van der Waals surface area (Å²) in [5, 5.41) is 2.37. The first-order chi connectivity index (χ1) is 18.3. The summed E-state index contributed by atoms with van der Waals surface area (Å²) in [4.78, 5) is 17.3. The van der Waals surface area contributed by atoms with Gasteiger partial charge in [0, 0.05) is 16.5 Å². The van der Waals surface area contributed by atoms with Crippen LogP contribution in [0.5, 0.6) is 0 Å². The van der Waals surface area contributed by atoms with Crippen LogP contribution >= 0.6 is 0 Å². The fourth-order valence-corrected chi connectivity index (χ4v) is 5.52. The van der Waals surface area contributed by atoms with E-state index in [1.807, 2.05) is 46.9 Å². The summed E-state index contributed by atoms with van der Waals surface area (Å²) in [5.41, 5.74) is 8.35. The third-order valence-corrected chi connectivity index (χ3v) is 7.17. The van der Waals surface area contributed by atoms with E-state index in [9.17, 15) is 4.79 Å². The van der Waals surface area contributed by atoms with E-state index < -0.39 is 5.63 Å². The average molecular weight is 478 g/mol. The zero-order valence-corrected chi connectivity index (χ0v) is 19.6. The van der Waals surface area contributed by atoms with E-state index in [1.54, 1.807) is 0 Å². The zero-order chi connectivity index (χ0) is 24.5. The Bertz CT molecular complexity index is 2220. The Kier molecular flexibility index (Phi) is 4.03. The Balaban J connectivity index is 1.37. The van der Waals surface area contributed by atoms with Gasteiger partial charge in [-0.15, -0.1) is 0 Å². The Morgan fingerprint density at radius 3 is 2.14 bits per heavy atom. The number of imidazole rings is 1. The van der Waals surface area contributed by atoms with Gasteiger partial charge in [-0.05, 0) is 65.7 Å². The largest absolute Gasteiger partial charge is 0.418 e. The van der Waals surface area contributed by atoms with Gasteiger partial charge in [0.05, 0.1) is 27.6 Å². The summed E-state index contributed by atoms with van der Waals surface area (Å²) >= 11 is 0. The molecule has 0 saturated heterocycles. The third kappa shape index (κ3) is 2.85. The molecular formula is C32H19N3O2. The number of aromatic nitrogens is 3. The molecule has 0 aliphatic rings. The van der Waals surface area contributed by atoms with Crippen molar-refractivity contribution in [1.29, 1.82) is 0 Å². The lowest BCUT2D eigenvalue weighted by Crippen LogP contribution is -2.05. The molecule has 174 valence electrons. The quantitative estimate of drug-likeness (QED) is 0.261. The van der Waals surface area contributed by atoms with Crippen molar-refractivity contribution < 1.29 is 4.42 Å². The lowest BCUT2D eigenvalue weighted by atomic mass is 10.0. The van der Waals surface area contributed by atoms with Gasteiger partial charge in [0.25, 0.3) is 0 Å².